The normalized spacial score (nSPS) is 10.5. The molecule has 1 N–H and O–H groups in total. The Morgan fingerprint density at radius 1 is 1.17 bits per heavy atom. The fraction of sp³-hybridized carbons (Fsp3) is 0. The monoisotopic (exact) mass is 404 g/mol. The van der Waals surface area contributed by atoms with Crippen LogP contribution >= 0.6 is 11.6 Å². The molecule has 0 spiro atoms. The molecule has 0 amide bonds. The third kappa shape index (κ3) is 3.35. The van der Waals surface area contributed by atoms with E-state index in [9.17, 15) is 8.42 Å². The molecule has 3 nitrogen and oxygen atoms in total. The summed E-state index contributed by atoms with van der Waals surface area (Å²) in [7, 11) is -4.08. The number of hydrogen-bond acceptors (Lipinski definition) is 2. The summed E-state index contributed by atoms with van der Waals surface area (Å²) >= 11 is 5.49. The van der Waals surface area contributed by atoms with Crippen LogP contribution in [0.3, 0.4) is 0 Å². The second kappa shape index (κ2) is 4.51. The summed E-state index contributed by atoms with van der Waals surface area (Å²) in [4.78, 5) is -0.151. The fourth-order valence-electron chi connectivity index (χ4n) is 0.607. The molecule has 1 aromatic carbocycles. The molecule has 0 unspecified atom stereocenters. The van der Waals surface area contributed by atoms with E-state index in [-0.39, 0.29) is 31.1 Å². The number of halogens is 1. The fourth-order valence-corrected chi connectivity index (χ4v) is 1.21. The summed E-state index contributed by atoms with van der Waals surface area (Å²) in [5.74, 6) is 0. The van der Waals surface area contributed by atoms with E-state index in [1.807, 2.05) is 0 Å². The molecule has 68 valence electrons. The molecule has 6 heteroatoms. The minimum atomic E-state index is -4.08. The molecule has 0 aliphatic heterocycles. The first-order valence-electron chi connectivity index (χ1n) is 2.73. The van der Waals surface area contributed by atoms with E-state index in [0.717, 1.165) is 0 Å². The molecule has 0 aliphatic rings. The van der Waals surface area contributed by atoms with Crippen LogP contribution < -0.4 is 0 Å². The Labute approximate surface area is 94.6 Å². The van der Waals surface area contributed by atoms with E-state index >= 15 is 0 Å². The van der Waals surface area contributed by atoms with Gasteiger partial charge in [-0.15, -0.1) is 0 Å². The molecule has 12 heavy (non-hydrogen) atoms. The molecule has 0 atom stereocenters. The van der Waals surface area contributed by atoms with Crippen molar-refractivity contribution in [1.29, 1.82) is 0 Å². The second-order valence-corrected chi connectivity index (χ2v) is 3.79. The van der Waals surface area contributed by atoms with Gasteiger partial charge in [-0.05, 0) is 24.3 Å². The van der Waals surface area contributed by atoms with Gasteiger partial charge < -0.3 is 0 Å². The summed E-state index contributed by atoms with van der Waals surface area (Å²) in [5, 5.41) is 0.428. The van der Waals surface area contributed by atoms with Crippen molar-refractivity contribution < 1.29 is 13.0 Å². The summed E-state index contributed by atoms with van der Waals surface area (Å²) in [6.45, 7) is 0. The first-order valence-corrected chi connectivity index (χ1v) is 4.55. The maximum absolute atomic E-state index is 10.5. The quantitative estimate of drug-likeness (QED) is 0.545. The van der Waals surface area contributed by atoms with Crippen molar-refractivity contribution in [1.82, 2.24) is 0 Å². The summed E-state index contributed by atoms with van der Waals surface area (Å²) < 4.78 is 29.4. The van der Waals surface area contributed by atoms with Gasteiger partial charge in [0.15, 0.2) is 0 Å². The van der Waals surface area contributed by atoms with Crippen LogP contribution in [0.4, 0.5) is 0 Å². The van der Waals surface area contributed by atoms with E-state index in [0.29, 0.717) is 5.02 Å². The van der Waals surface area contributed by atoms with E-state index in [4.69, 9.17) is 16.2 Å². The molecule has 0 heterocycles. The van der Waals surface area contributed by atoms with Gasteiger partial charge in [0.1, 0.15) is 0 Å². The standard InChI is InChI=1S/C6H5ClO3S.Bi.3H/c7-5-1-3-6(4-2-5)11(8,9)10;;;;/h1-4H,(H,8,9,10);;;;. The molecular weight excluding hydrogens is 397 g/mol. The Bertz CT molecular complexity index is 346. The second-order valence-electron chi connectivity index (χ2n) is 1.93. The van der Waals surface area contributed by atoms with E-state index in [2.05, 4.69) is 0 Å². The Kier molecular flexibility index (Phi) is 4.63. The van der Waals surface area contributed by atoms with Crippen LogP contribution in [0.5, 0.6) is 0 Å². The van der Waals surface area contributed by atoms with Gasteiger partial charge in [-0.2, -0.15) is 8.42 Å². The molecule has 0 radical (unpaired) electrons. The molecule has 0 fully saturated rings. The first-order chi connectivity index (χ1) is 5.00. The Morgan fingerprint density at radius 3 is 1.92 bits per heavy atom. The average Bonchev–Trinajstić information content (AvgIpc) is 1.86. The maximum atomic E-state index is 10.5. The van der Waals surface area contributed by atoms with E-state index in [1.165, 1.54) is 24.3 Å². The van der Waals surface area contributed by atoms with Crippen LogP contribution in [0.25, 0.3) is 0 Å². The van der Waals surface area contributed by atoms with Gasteiger partial charge >= 0.3 is 26.2 Å². The van der Waals surface area contributed by atoms with E-state index < -0.39 is 10.1 Å². The van der Waals surface area contributed by atoms with Crippen molar-refractivity contribution in [2.75, 3.05) is 0 Å². The third-order valence-electron chi connectivity index (χ3n) is 1.11. The topological polar surface area (TPSA) is 54.4 Å². The molecule has 0 aliphatic carbocycles. The van der Waals surface area contributed by atoms with Crippen LogP contribution in [-0.2, 0) is 10.1 Å². The molecule has 1 rings (SSSR count). The van der Waals surface area contributed by atoms with E-state index in [1.54, 1.807) is 0 Å². The Hall–Kier alpha value is 0.303. The van der Waals surface area contributed by atoms with Crippen LogP contribution in [-0.4, -0.2) is 39.2 Å². The zero-order chi connectivity index (χ0) is 8.48. The van der Waals surface area contributed by atoms with Crippen LogP contribution in [0.2, 0.25) is 5.02 Å². The molecule has 1 aromatic rings. The van der Waals surface area contributed by atoms with Gasteiger partial charge in [0.2, 0.25) is 0 Å². The zero-order valence-electron chi connectivity index (χ0n) is 6.07. The van der Waals surface area contributed by atoms with Gasteiger partial charge in [0.05, 0.1) is 4.90 Å². The predicted molar refractivity (Wildman–Crippen MR) is 51.2 cm³/mol. The minimum absolute atomic E-state index is 0. The average molecular weight is 405 g/mol. The number of benzene rings is 1. The number of rotatable bonds is 1. The van der Waals surface area contributed by atoms with Crippen LogP contribution in [0.15, 0.2) is 29.2 Å². The molecule has 0 saturated heterocycles. The molecule has 0 bridgehead atoms. The van der Waals surface area contributed by atoms with Crippen molar-refractivity contribution in [2.24, 2.45) is 0 Å². The van der Waals surface area contributed by atoms with Gasteiger partial charge in [-0.25, -0.2) is 0 Å². The van der Waals surface area contributed by atoms with Crippen LogP contribution in [0.1, 0.15) is 0 Å². The van der Waals surface area contributed by atoms with Gasteiger partial charge in [0.25, 0.3) is 10.1 Å². The summed E-state index contributed by atoms with van der Waals surface area (Å²) in [5.41, 5.74) is 0. The zero-order valence-corrected chi connectivity index (χ0v) is 13.1. The van der Waals surface area contributed by atoms with Crippen molar-refractivity contribution >= 4 is 47.9 Å². The van der Waals surface area contributed by atoms with Crippen molar-refractivity contribution in [3.8, 4) is 0 Å². The van der Waals surface area contributed by atoms with Gasteiger partial charge in [0, 0.05) is 5.02 Å². The van der Waals surface area contributed by atoms with Crippen LogP contribution in [0, 0.1) is 0 Å². The van der Waals surface area contributed by atoms with Gasteiger partial charge in [-0.3, -0.25) is 4.55 Å². The molecule has 0 aromatic heterocycles. The van der Waals surface area contributed by atoms with Gasteiger partial charge in [-0.1, -0.05) is 11.6 Å². The van der Waals surface area contributed by atoms with Crippen molar-refractivity contribution in [2.45, 2.75) is 4.90 Å². The third-order valence-corrected chi connectivity index (χ3v) is 2.23. The SMILES string of the molecule is O=S(=O)(O)c1ccc(Cl)cc1.[BiH3]. The molecular formula is C6H8BiClO3S. The summed E-state index contributed by atoms with van der Waals surface area (Å²) in [6.07, 6.45) is 0. The Balaban J connectivity index is 0.00000121. The molecule has 0 saturated carbocycles. The predicted octanol–water partition coefficient (Wildman–Crippen LogP) is 0.403. The first kappa shape index (κ1) is 12.3. The summed E-state index contributed by atoms with van der Waals surface area (Å²) in [6, 6.07) is 5.25. The van der Waals surface area contributed by atoms with Crippen molar-refractivity contribution in [3.05, 3.63) is 29.3 Å². The van der Waals surface area contributed by atoms with Crippen molar-refractivity contribution in [3.63, 3.8) is 0 Å². The number of hydrogen-bond donors (Lipinski definition) is 1. The Morgan fingerprint density at radius 2 is 1.58 bits per heavy atom.